The van der Waals surface area contributed by atoms with Crippen molar-refractivity contribution in [3.05, 3.63) is 247 Å². The second kappa shape index (κ2) is 12.6. The molecule has 0 saturated heterocycles. The zero-order valence-electron chi connectivity index (χ0n) is 32.8. The van der Waals surface area contributed by atoms with Crippen LogP contribution < -0.4 is 4.90 Å². The van der Waals surface area contributed by atoms with E-state index in [1.807, 2.05) is 0 Å². The summed E-state index contributed by atoms with van der Waals surface area (Å²) in [6.07, 6.45) is 0. The Balaban J connectivity index is 1.08. The largest absolute Gasteiger partial charge is 0.310 e. The lowest BCUT2D eigenvalue weighted by Crippen LogP contribution is -2.26. The molecule has 0 amide bonds. The van der Waals surface area contributed by atoms with Crippen LogP contribution in [0.15, 0.2) is 224 Å². The van der Waals surface area contributed by atoms with Gasteiger partial charge in [-0.25, -0.2) is 0 Å². The van der Waals surface area contributed by atoms with Crippen molar-refractivity contribution in [3.8, 4) is 66.8 Å². The molecule has 10 aromatic carbocycles. The van der Waals surface area contributed by atoms with Crippen LogP contribution in [0.3, 0.4) is 0 Å². The molecule has 1 nitrogen and oxygen atoms in total. The zero-order valence-corrected chi connectivity index (χ0v) is 32.8. The molecule has 1 atom stereocenters. The van der Waals surface area contributed by atoms with Gasteiger partial charge < -0.3 is 4.90 Å². The fraction of sp³-hybridized carbons (Fsp3) is 0.0169. The van der Waals surface area contributed by atoms with Crippen LogP contribution in [0, 0.1) is 0 Å². The Morgan fingerprint density at radius 1 is 0.267 bits per heavy atom. The van der Waals surface area contributed by atoms with E-state index in [1.165, 1.54) is 99.8 Å². The number of rotatable bonds is 5. The van der Waals surface area contributed by atoms with Crippen molar-refractivity contribution in [2.45, 2.75) is 5.41 Å². The molecule has 1 heteroatoms. The zero-order chi connectivity index (χ0) is 39.4. The molecule has 3 aliphatic rings. The van der Waals surface area contributed by atoms with Crippen molar-refractivity contribution in [1.29, 1.82) is 0 Å². The van der Waals surface area contributed by atoms with Crippen molar-refractivity contribution in [2.24, 2.45) is 0 Å². The predicted molar refractivity (Wildman–Crippen MR) is 250 cm³/mol. The van der Waals surface area contributed by atoms with Crippen LogP contribution in [0.5, 0.6) is 0 Å². The second-order valence-corrected chi connectivity index (χ2v) is 16.4. The number of anilines is 3. The van der Waals surface area contributed by atoms with Gasteiger partial charge in [0.2, 0.25) is 0 Å². The topological polar surface area (TPSA) is 3.24 Å². The third kappa shape index (κ3) is 4.52. The van der Waals surface area contributed by atoms with Crippen molar-refractivity contribution >= 4 is 27.8 Å². The number of nitrogens with zero attached hydrogens (tertiary/aromatic N) is 1. The molecule has 0 bridgehead atoms. The van der Waals surface area contributed by atoms with Gasteiger partial charge in [0.05, 0.1) is 5.41 Å². The molecule has 0 heterocycles. The quantitative estimate of drug-likeness (QED) is 0.169. The van der Waals surface area contributed by atoms with Crippen LogP contribution in [0.2, 0.25) is 0 Å². The molecule has 0 N–H and O–H groups in total. The molecule has 13 rings (SSSR count). The molecule has 0 aliphatic heterocycles. The average molecular weight is 760 g/mol. The van der Waals surface area contributed by atoms with Gasteiger partial charge in [0.15, 0.2) is 0 Å². The fourth-order valence-corrected chi connectivity index (χ4v) is 11.0. The monoisotopic (exact) mass is 759 g/mol. The van der Waals surface area contributed by atoms with Gasteiger partial charge in [-0.2, -0.15) is 0 Å². The molecule has 1 spiro atoms. The van der Waals surface area contributed by atoms with E-state index >= 15 is 0 Å². The molecule has 1 unspecified atom stereocenters. The summed E-state index contributed by atoms with van der Waals surface area (Å²) in [4.78, 5) is 2.45. The Morgan fingerprint density at radius 2 is 0.783 bits per heavy atom. The van der Waals surface area contributed by atoms with E-state index in [2.05, 4.69) is 229 Å². The first-order valence-corrected chi connectivity index (χ1v) is 20.9. The summed E-state index contributed by atoms with van der Waals surface area (Å²) in [7, 11) is 0. The molecule has 10 aromatic rings. The summed E-state index contributed by atoms with van der Waals surface area (Å²) in [6, 6.07) is 83.5. The number of hydrogen-bond acceptors (Lipinski definition) is 1. The summed E-state index contributed by atoms with van der Waals surface area (Å²) < 4.78 is 0. The highest BCUT2D eigenvalue weighted by Crippen LogP contribution is 2.66. The van der Waals surface area contributed by atoms with E-state index in [-0.39, 0.29) is 0 Å². The van der Waals surface area contributed by atoms with Crippen molar-refractivity contribution < 1.29 is 0 Å². The van der Waals surface area contributed by atoms with Gasteiger partial charge in [-0.15, -0.1) is 0 Å². The summed E-state index contributed by atoms with van der Waals surface area (Å²) >= 11 is 0. The third-order valence-corrected chi connectivity index (χ3v) is 13.4. The number of fused-ring (bicyclic) bond motifs is 14. The minimum Gasteiger partial charge on any atom is -0.310 e. The van der Waals surface area contributed by atoms with Crippen LogP contribution in [0.25, 0.3) is 77.5 Å². The highest BCUT2D eigenvalue weighted by atomic mass is 15.1. The Morgan fingerprint density at radius 3 is 1.53 bits per heavy atom. The molecule has 0 fully saturated rings. The van der Waals surface area contributed by atoms with Crippen LogP contribution in [0.1, 0.15) is 22.3 Å². The van der Waals surface area contributed by atoms with Gasteiger partial charge in [0, 0.05) is 17.1 Å². The smallest absolute Gasteiger partial charge is 0.0726 e. The molecular weight excluding hydrogens is 723 g/mol. The molecule has 0 aromatic heterocycles. The van der Waals surface area contributed by atoms with Gasteiger partial charge in [0.1, 0.15) is 0 Å². The van der Waals surface area contributed by atoms with Gasteiger partial charge in [-0.05, 0) is 142 Å². The minimum atomic E-state index is -0.513. The highest BCUT2D eigenvalue weighted by molar-refractivity contribution is 6.21. The van der Waals surface area contributed by atoms with E-state index in [1.54, 1.807) is 0 Å². The molecule has 60 heavy (non-hydrogen) atoms. The van der Waals surface area contributed by atoms with E-state index in [9.17, 15) is 0 Å². The molecule has 0 radical (unpaired) electrons. The summed E-state index contributed by atoms with van der Waals surface area (Å²) in [5.41, 5.74) is 23.6. The standard InChI is InChI=1S/C59H37N/c1-3-15-38(16-4-1)40-29-31-42(32-30-40)60(43-20-13-19-41(35-43)39-17-5-2-6-18-39)44-33-34-48-47-23-9-11-27-53(47)59(55(48)36-44)54-28-12-10-24-50(54)58-51-26-14-25-49-45-21-7-8-22-46(45)52(57(49)51)37-56(58)59/h1-37H. The summed E-state index contributed by atoms with van der Waals surface area (Å²) in [6.45, 7) is 0. The Labute approximate surface area is 350 Å². The second-order valence-electron chi connectivity index (χ2n) is 16.4. The normalized spacial score (nSPS) is 14.7. The summed E-state index contributed by atoms with van der Waals surface area (Å²) in [5.74, 6) is 0. The predicted octanol–water partition coefficient (Wildman–Crippen LogP) is 15.6. The lowest BCUT2D eigenvalue weighted by atomic mass is 9.70. The van der Waals surface area contributed by atoms with Crippen LogP contribution in [-0.2, 0) is 5.41 Å². The molecule has 278 valence electrons. The first-order valence-electron chi connectivity index (χ1n) is 20.9. The van der Waals surface area contributed by atoms with Crippen molar-refractivity contribution in [1.82, 2.24) is 0 Å². The Bertz CT molecular complexity index is 3360. The average Bonchev–Trinajstić information content (AvgIpc) is 3.92. The molecule has 0 saturated carbocycles. The van der Waals surface area contributed by atoms with Gasteiger partial charge in [0.25, 0.3) is 0 Å². The van der Waals surface area contributed by atoms with Crippen molar-refractivity contribution in [2.75, 3.05) is 4.90 Å². The van der Waals surface area contributed by atoms with Crippen LogP contribution >= 0.6 is 0 Å². The van der Waals surface area contributed by atoms with E-state index in [0.717, 1.165) is 17.1 Å². The first kappa shape index (κ1) is 33.3. The van der Waals surface area contributed by atoms with Crippen LogP contribution in [-0.4, -0.2) is 0 Å². The van der Waals surface area contributed by atoms with Gasteiger partial charge >= 0.3 is 0 Å². The minimum absolute atomic E-state index is 0.513. The van der Waals surface area contributed by atoms with Gasteiger partial charge in [-0.3, -0.25) is 0 Å². The van der Waals surface area contributed by atoms with Crippen LogP contribution in [0.4, 0.5) is 17.1 Å². The molecular formula is C59H37N. The molecule has 3 aliphatic carbocycles. The van der Waals surface area contributed by atoms with Gasteiger partial charge in [-0.1, -0.05) is 182 Å². The third-order valence-electron chi connectivity index (χ3n) is 13.4. The lowest BCUT2D eigenvalue weighted by Gasteiger charge is -2.32. The first-order chi connectivity index (χ1) is 29.8. The maximum atomic E-state index is 2.56. The number of hydrogen-bond donors (Lipinski definition) is 0. The highest BCUT2D eigenvalue weighted by Gasteiger charge is 2.53. The Kier molecular flexibility index (Phi) is 7.00. The maximum absolute atomic E-state index is 2.56. The SMILES string of the molecule is c1ccc(-c2ccc(N(c3cccc(-c4ccccc4)c3)c3ccc4c(c3)C3(c5ccccc5-4)c4ccccc4-c4c3cc3c5c(cccc45)-c4ccccc4-3)cc2)cc1. The summed E-state index contributed by atoms with van der Waals surface area (Å²) in [5, 5.41) is 2.70. The number of benzene rings is 10. The van der Waals surface area contributed by atoms with E-state index < -0.39 is 5.41 Å². The van der Waals surface area contributed by atoms with Crippen molar-refractivity contribution in [3.63, 3.8) is 0 Å². The lowest BCUT2D eigenvalue weighted by molar-refractivity contribution is 0.794. The van der Waals surface area contributed by atoms with E-state index in [4.69, 9.17) is 0 Å². The Hall–Kier alpha value is -7.74. The van der Waals surface area contributed by atoms with E-state index in [0.29, 0.717) is 0 Å². The maximum Gasteiger partial charge on any atom is 0.0726 e. The fourth-order valence-electron chi connectivity index (χ4n) is 11.0.